The van der Waals surface area contributed by atoms with Crippen LogP contribution in [0, 0.1) is 11.3 Å². The van der Waals surface area contributed by atoms with Gasteiger partial charge in [0.2, 0.25) is 5.88 Å². The zero-order valence-corrected chi connectivity index (χ0v) is 20.6. The molecule has 0 saturated carbocycles. The molecule has 34 heavy (non-hydrogen) atoms. The van der Waals surface area contributed by atoms with E-state index >= 15 is 0 Å². The normalized spacial score (nSPS) is 12.1. The van der Waals surface area contributed by atoms with Gasteiger partial charge in [-0.05, 0) is 52.0 Å². The van der Waals surface area contributed by atoms with Gasteiger partial charge >= 0.3 is 0 Å². The Balaban J connectivity index is 0.00000158. The van der Waals surface area contributed by atoms with Gasteiger partial charge < -0.3 is 14.4 Å². The average molecular weight is 462 g/mol. The predicted octanol–water partition coefficient (Wildman–Crippen LogP) is 4.90. The monoisotopic (exact) mass is 461 g/mol. The van der Waals surface area contributed by atoms with Crippen molar-refractivity contribution in [2.45, 2.75) is 66.8 Å². The number of ether oxygens (including phenoxy) is 2. The predicted molar refractivity (Wildman–Crippen MR) is 129 cm³/mol. The lowest BCUT2D eigenvalue weighted by Crippen LogP contribution is -2.27. The molecule has 0 fully saturated rings. The SMILES string of the molecule is CC.CC(C)Oc1cc(-n2cc3c(n2)CN(C(=O)c2cc(C#N)ccc2OC(C)C)C3)ccn1. The molecule has 178 valence electrons. The van der Waals surface area contributed by atoms with Crippen molar-refractivity contribution in [1.29, 1.82) is 5.26 Å². The molecule has 0 bridgehead atoms. The van der Waals surface area contributed by atoms with Crippen molar-refractivity contribution in [3.8, 4) is 23.4 Å². The Hall–Kier alpha value is -3.86. The minimum atomic E-state index is -0.182. The third-order valence-corrected chi connectivity index (χ3v) is 4.91. The number of hydrogen-bond donors (Lipinski definition) is 0. The summed E-state index contributed by atoms with van der Waals surface area (Å²) >= 11 is 0. The van der Waals surface area contributed by atoms with Gasteiger partial charge in [-0.25, -0.2) is 9.67 Å². The highest BCUT2D eigenvalue weighted by molar-refractivity contribution is 5.97. The van der Waals surface area contributed by atoms with Gasteiger partial charge in [0.05, 0.1) is 47.3 Å². The van der Waals surface area contributed by atoms with Crippen LogP contribution in [0.15, 0.2) is 42.7 Å². The second kappa shape index (κ2) is 10.8. The van der Waals surface area contributed by atoms with E-state index in [2.05, 4.69) is 16.2 Å². The quantitative estimate of drug-likeness (QED) is 0.519. The van der Waals surface area contributed by atoms with Gasteiger partial charge in [-0.2, -0.15) is 10.4 Å². The highest BCUT2D eigenvalue weighted by Gasteiger charge is 2.29. The van der Waals surface area contributed by atoms with Crippen molar-refractivity contribution in [2.24, 2.45) is 0 Å². The van der Waals surface area contributed by atoms with Gasteiger partial charge in [0.1, 0.15) is 5.75 Å². The van der Waals surface area contributed by atoms with Crippen molar-refractivity contribution in [3.05, 3.63) is 65.1 Å². The molecular formula is C26H31N5O3. The van der Waals surface area contributed by atoms with E-state index in [0.29, 0.717) is 35.8 Å². The summed E-state index contributed by atoms with van der Waals surface area (Å²) in [4.78, 5) is 19.2. The Morgan fingerprint density at radius 1 is 1.06 bits per heavy atom. The Kier molecular flexibility index (Phi) is 7.90. The van der Waals surface area contributed by atoms with E-state index < -0.39 is 0 Å². The average Bonchev–Trinajstić information content (AvgIpc) is 3.39. The molecule has 1 amide bonds. The fourth-order valence-corrected chi connectivity index (χ4v) is 3.57. The highest BCUT2D eigenvalue weighted by atomic mass is 16.5. The fraction of sp³-hybridized carbons (Fsp3) is 0.385. The van der Waals surface area contributed by atoms with Gasteiger partial charge in [0.25, 0.3) is 5.91 Å². The maximum Gasteiger partial charge on any atom is 0.258 e. The number of hydrogen-bond acceptors (Lipinski definition) is 6. The van der Waals surface area contributed by atoms with E-state index in [4.69, 9.17) is 9.47 Å². The maximum absolute atomic E-state index is 13.3. The molecule has 1 aliphatic heterocycles. The molecule has 3 heterocycles. The van der Waals surface area contributed by atoms with Crippen LogP contribution in [0.25, 0.3) is 5.69 Å². The second-order valence-electron chi connectivity index (χ2n) is 8.22. The van der Waals surface area contributed by atoms with E-state index in [9.17, 15) is 10.1 Å². The topological polar surface area (TPSA) is 93.3 Å². The number of amides is 1. The number of fused-ring (bicyclic) bond motifs is 1. The summed E-state index contributed by atoms with van der Waals surface area (Å²) < 4.78 is 13.3. The van der Waals surface area contributed by atoms with Crippen LogP contribution >= 0.6 is 0 Å². The lowest BCUT2D eigenvalue weighted by Gasteiger charge is -2.19. The van der Waals surface area contributed by atoms with Crippen molar-refractivity contribution < 1.29 is 14.3 Å². The van der Waals surface area contributed by atoms with E-state index in [-0.39, 0.29) is 18.1 Å². The fourth-order valence-electron chi connectivity index (χ4n) is 3.57. The number of carbonyl (C=O) groups is 1. The molecule has 8 nitrogen and oxygen atoms in total. The zero-order chi connectivity index (χ0) is 24.8. The third-order valence-electron chi connectivity index (χ3n) is 4.91. The first kappa shape index (κ1) is 24.8. The van der Waals surface area contributed by atoms with Crippen molar-refractivity contribution in [3.63, 3.8) is 0 Å². The number of aromatic nitrogens is 3. The Morgan fingerprint density at radius 2 is 1.79 bits per heavy atom. The molecule has 0 N–H and O–H groups in total. The molecule has 3 aromatic rings. The third kappa shape index (κ3) is 5.54. The van der Waals surface area contributed by atoms with Gasteiger partial charge in [-0.1, -0.05) is 13.8 Å². The Morgan fingerprint density at radius 3 is 2.44 bits per heavy atom. The number of nitriles is 1. The van der Waals surface area contributed by atoms with Crippen molar-refractivity contribution in [2.75, 3.05) is 0 Å². The van der Waals surface area contributed by atoms with Crippen LogP contribution in [0.1, 0.15) is 68.7 Å². The molecule has 0 radical (unpaired) electrons. The molecule has 0 atom stereocenters. The van der Waals surface area contributed by atoms with Crippen molar-refractivity contribution >= 4 is 5.91 Å². The highest BCUT2D eigenvalue weighted by Crippen LogP contribution is 2.29. The van der Waals surface area contributed by atoms with E-state index in [1.807, 2.05) is 59.9 Å². The van der Waals surface area contributed by atoms with Crippen LogP contribution in [0.3, 0.4) is 0 Å². The lowest BCUT2D eigenvalue weighted by atomic mass is 10.1. The smallest absolute Gasteiger partial charge is 0.258 e. The van der Waals surface area contributed by atoms with Crippen LogP contribution in [-0.4, -0.2) is 37.8 Å². The van der Waals surface area contributed by atoms with Crippen LogP contribution in [-0.2, 0) is 13.1 Å². The largest absolute Gasteiger partial charge is 0.490 e. The lowest BCUT2D eigenvalue weighted by molar-refractivity contribution is 0.0743. The van der Waals surface area contributed by atoms with Crippen LogP contribution in [0.5, 0.6) is 11.6 Å². The molecule has 0 unspecified atom stereocenters. The summed E-state index contributed by atoms with van der Waals surface area (Å²) in [6, 6.07) is 10.7. The summed E-state index contributed by atoms with van der Waals surface area (Å²) in [5.41, 5.74) is 3.47. The first-order valence-corrected chi connectivity index (χ1v) is 11.5. The minimum absolute atomic E-state index is 0.0315. The molecule has 0 spiro atoms. The van der Waals surface area contributed by atoms with Crippen LogP contribution in [0.4, 0.5) is 0 Å². The second-order valence-corrected chi connectivity index (χ2v) is 8.22. The van der Waals surface area contributed by atoms with Gasteiger partial charge in [-0.15, -0.1) is 0 Å². The number of pyridine rings is 1. The molecule has 4 rings (SSSR count). The molecule has 1 aromatic carbocycles. The molecule has 8 heteroatoms. The number of rotatable bonds is 6. The molecule has 0 saturated heterocycles. The Labute approximate surface area is 200 Å². The van der Waals surface area contributed by atoms with Crippen LogP contribution < -0.4 is 9.47 Å². The van der Waals surface area contributed by atoms with Gasteiger partial charge in [-0.3, -0.25) is 4.79 Å². The number of nitrogens with zero attached hydrogens (tertiary/aromatic N) is 5. The van der Waals surface area contributed by atoms with E-state index in [1.165, 1.54) is 0 Å². The van der Waals surface area contributed by atoms with E-state index in [0.717, 1.165) is 16.9 Å². The van der Waals surface area contributed by atoms with Gasteiger partial charge in [0.15, 0.2) is 0 Å². The van der Waals surface area contributed by atoms with Crippen molar-refractivity contribution in [1.82, 2.24) is 19.7 Å². The Bertz CT molecular complexity index is 1170. The number of carbonyl (C=O) groups excluding carboxylic acids is 1. The summed E-state index contributed by atoms with van der Waals surface area (Å²) in [7, 11) is 0. The summed E-state index contributed by atoms with van der Waals surface area (Å²) in [6.45, 7) is 12.5. The first-order valence-electron chi connectivity index (χ1n) is 11.5. The maximum atomic E-state index is 13.3. The minimum Gasteiger partial charge on any atom is -0.490 e. The molecular weight excluding hydrogens is 430 g/mol. The van der Waals surface area contributed by atoms with E-state index in [1.54, 1.807) is 34.0 Å². The van der Waals surface area contributed by atoms with Gasteiger partial charge in [0, 0.05) is 30.6 Å². The van der Waals surface area contributed by atoms with Crippen LogP contribution in [0.2, 0.25) is 0 Å². The number of benzene rings is 1. The summed E-state index contributed by atoms with van der Waals surface area (Å²) in [5.74, 6) is 0.840. The first-order chi connectivity index (χ1) is 16.3. The zero-order valence-electron chi connectivity index (χ0n) is 20.6. The molecule has 1 aliphatic rings. The summed E-state index contributed by atoms with van der Waals surface area (Å²) in [5, 5.41) is 13.9. The summed E-state index contributed by atoms with van der Waals surface area (Å²) in [6.07, 6.45) is 3.56. The molecule has 0 aliphatic carbocycles. The molecule has 2 aromatic heterocycles. The standard InChI is InChI=1S/C24H25N5O3.C2H6/c1-15(2)31-22-6-5-17(11-25)9-20(22)24(30)28-12-18-13-29(27-21(18)14-28)19-7-8-26-23(10-19)32-16(3)4;1-2/h5-10,13,15-16H,12,14H2,1-4H3;1-2H3.